The molecule has 2 aliphatic rings. The predicted molar refractivity (Wildman–Crippen MR) is 111 cm³/mol. The SMILES string of the molecule is O=C(Nc1ccc2c(c1)-c1ccccc1C2)c1cccc(N2CCCC2=O)c1. The second-order valence-electron chi connectivity index (χ2n) is 7.36. The van der Waals surface area contributed by atoms with E-state index in [1.54, 1.807) is 17.0 Å². The highest BCUT2D eigenvalue weighted by Crippen LogP contribution is 2.37. The van der Waals surface area contributed by atoms with Gasteiger partial charge >= 0.3 is 0 Å². The van der Waals surface area contributed by atoms with Gasteiger partial charge in [0.1, 0.15) is 0 Å². The molecule has 0 atom stereocenters. The maximum Gasteiger partial charge on any atom is 0.255 e. The molecule has 138 valence electrons. The summed E-state index contributed by atoms with van der Waals surface area (Å²) < 4.78 is 0. The van der Waals surface area contributed by atoms with E-state index >= 15 is 0 Å². The molecule has 5 rings (SSSR count). The summed E-state index contributed by atoms with van der Waals surface area (Å²) in [7, 11) is 0. The maximum atomic E-state index is 12.8. The average Bonchev–Trinajstić information content (AvgIpc) is 3.31. The van der Waals surface area contributed by atoms with Gasteiger partial charge in [0.2, 0.25) is 5.91 Å². The lowest BCUT2D eigenvalue weighted by molar-refractivity contribution is -0.117. The van der Waals surface area contributed by atoms with Gasteiger partial charge in [0.15, 0.2) is 0 Å². The Morgan fingerprint density at radius 3 is 2.61 bits per heavy atom. The normalized spacial score (nSPS) is 14.7. The third-order valence-electron chi connectivity index (χ3n) is 5.55. The van der Waals surface area contributed by atoms with Crippen molar-refractivity contribution in [2.24, 2.45) is 0 Å². The lowest BCUT2D eigenvalue weighted by Gasteiger charge is -2.16. The van der Waals surface area contributed by atoms with E-state index in [4.69, 9.17) is 0 Å². The Labute approximate surface area is 163 Å². The summed E-state index contributed by atoms with van der Waals surface area (Å²) in [5.41, 5.74) is 7.16. The first-order valence-corrected chi connectivity index (χ1v) is 9.62. The summed E-state index contributed by atoms with van der Waals surface area (Å²) in [6, 6.07) is 21.8. The van der Waals surface area contributed by atoms with Gasteiger partial charge in [-0.05, 0) is 65.4 Å². The van der Waals surface area contributed by atoms with Crippen LogP contribution in [0.4, 0.5) is 11.4 Å². The molecule has 1 saturated heterocycles. The summed E-state index contributed by atoms with van der Waals surface area (Å²) in [4.78, 5) is 26.5. The minimum absolute atomic E-state index is 0.120. The molecular weight excluding hydrogens is 348 g/mol. The summed E-state index contributed by atoms with van der Waals surface area (Å²) in [6.07, 6.45) is 2.38. The molecule has 0 aromatic heterocycles. The smallest absolute Gasteiger partial charge is 0.255 e. The van der Waals surface area contributed by atoms with E-state index < -0.39 is 0 Å². The number of fused-ring (bicyclic) bond motifs is 3. The van der Waals surface area contributed by atoms with Crippen LogP contribution in [0.15, 0.2) is 66.7 Å². The van der Waals surface area contributed by atoms with Crippen LogP contribution in [-0.4, -0.2) is 18.4 Å². The minimum atomic E-state index is -0.167. The molecule has 4 heteroatoms. The fraction of sp³-hybridized carbons (Fsp3) is 0.167. The van der Waals surface area contributed by atoms with Crippen LogP contribution in [0.3, 0.4) is 0 Å². The Bertz CT molecular complexity index is 1100. The quantitative estimate of drug-likeness (QED) is 0.573. The summed E-state index contributed by atoms with van der Waals surface area (Å²) in [6.45, 7) is 0.716. The first-order valence-electron chi connectivity index (χ1n) is 9.62. The summed E-state index contributed by atoms with van der Waals surface area (Å²) in [5.74, 6) is -0.0467. The highest BCUT2D eigenvalue weighted by molar-refractivity contribution is 6.06. The third kappa shape index (κ3) is 2.87. The van der Waals surface area contributed by atoms with Crippen molar-refractivity contribution in [3.8, 4) is 11.1 Å². The number of rotatable bonds is 3. The van der Waals surface area contributed by atoms with E-state index in [9.17, 15) is 9.59 Å². The van der Waals surface area contributed by atoms with Crippen LogP contribution in [0.5, 0.6) is 0 Å². The molecule has 4 nitrogen and oxygen atoms in total. The van der Waals surface area contributed by atoms with Crippen LogP contribution in [0.2, 0.25) is 0 Å². The van der Waals surface area contributed by atoms with Gasteiger partial charge in [-0.1, -0.05) is 36.4 Å². The first kappa shape index (κ1) is 16.8. The lowest BCUT2D eigenvalue weighted by atomic mass is 10.1. The van der Waals surface area contributed by atoms with Crippen molar-refractivity contribution in [1.29, 1.82) is 0 Å². The number of nitrogens with one attached hydrogen (secondary N) is 1. The fourth-order valence-electron chi connectivity index (χ4n) is 4.14. The highest BCUT2D eigenvalue weighted by atomic mass is 16.2. The maximum absolute atomic E-state index is 12.8. The van der Waals surface area contributed by atoms with Crippen LogP contribution in [0.25, 0.3) is 11.1 Å². The van der Waals surface area contributed by atoms with Gasteiger partial charge in [-0.15, -0.1) is 0 Å². The van der Waals surface area contributed by atoms with Crippen molar-refractivity contribution in [2.45, 2.75) is 19.3 Å². The van der Waals surface area contributed by atoms with Gasteiger partial charge in [-0.25, -0.2) is 0 Å². The molecule has 1 heterocycles. The van der Waals surface area contributed by atoms with E-state index in [1.165, 1.54) is 22.3 Å². The van der Waals surface area contributed by atoms with Crippen molar-refractivity contribution in [1.82, 2.24) is 0 Å². The van der Waals surface area contributed by atoms with Crippen LogP contribution in [-0.2, 0) is 11.2 Å². The molecule has 1 aliphatic heterocycles. The molecule has 2 amide bonds. The van der Waals surface area contributed by atoms with Crippen LogP contribution < -0.4 is 10.2 Å². The monoisotopic (exact) mass is 368 g/mol. The summed E-state index contributed by atoms with van der Waals surface area (Å²) in [5, 5.41) is 3.01. The van der Waals surface area contributed by atoms with Gasteiger partial charge in [-0.3, -0.25) is 9.59 Å². The topological polar surface area (TPSA) is 49.4 Å². The zero-order valence-corrected chi connectivity index (χ0v) is 15.4. The van der Waals surface area contributed by atoms with E-state index in [0.29, 0.717) is 18.5 Å². The molecule has 1 aliphatic carbocycles. The zero-order valence-electron chi connectivity index (χ0n) is 15.4. The second-order valence-corrected chi connectivity index (χ2v) is 7.36. The molecule has 3 aromatic carbocycles. The Hall–Kier alpha value is -3.40. The molecular formula is C24H20N2O2. The minimum Gasteiger partial charge on any atom is -0.322 e. The molecule has 0 spiro atoms. The van der Waals surface area contributed by atoms with Gasteiger partial charge in [0.05, 0.1) is 0 Å². The van der Waals surface area contributed by atoms with Gasteiger partial charge in [-0.2, -0.15) is 0 Å². The second kappa shape index (κ2) is 6.64. The standard InChI is InChI=1S/C24H20N2O2/c27-23-9-4-12-26(23)20-7-3-6-18(14-20)24(28)25-19-11-10-17-13-16-5-1-2-8-21(16)22(17)15-19/h1-3,5-8,10-11,14-15H,4,9,12-13H2,(H,25,28). The fourth-order valence-corrected chi connectivity index (χ4v) is 4.14. The number of benzene rings is 3. The number of anilines is 2. The molecule has 0 radical (unpaired) electrons. The largest absolute Gasteiger partial charge is 0.322 e. The predicted octanol–water partition coefficient (Wildman–Crippen LogP) is 4.64. The number of amides is 2. The number of hydrogen-bond donors (Lipinski definition) is 1. The summed E-state index contributed by atoms with van der Waals surface area (Å²) >= 11 is 0. The number of hydrogen-bond acceptors (Lipinski definition) is 2. The Balaban J connectivity index is 1.39. The van der Waals surface area contributed by atoms with Crippen molar-refractivity contribution in [3.05, 3.63) is 83.4 Å². The van der Waals surface area contributed by atoms with Crippen LogP contribution >= 0.6 is 0 Å². The molecule has 1 fully saturated rings. The van der Waals surface area contributed by atoms with E-state index in [1.807, 2.05) is 30.3 Å². The number of carbonyl (C=O) groups excluding carboxylic acids is 2. The van der Waals surface area contributed by atoms with E-state index in [2.05, 4.69) is 29.6 Å². The molecule has 0 unspecified atom stereocenters. The third-order valence-corrected chi connectivity index (χ3v) is 5.55. The van der Waals surface area contributed by atoms with E-state index in [0.717, 1.165) is 24.2 Å². The molecule has 28 heavy (non-hydrogen) atoms. The van der Waals surface area contributed by atoms with Crippen molar-refractivity contribution in [3.63, 3.8) is 0 Å². The van der Waals surface area contributed by atoms with Gasteiger partial charge in [0, 0.05) is 29.9 Å². The molecule has 0 saturated carbocycles. The van der Waals surface area contributed by atoms with Gasteiger partial charge in [0.25, 0.3) is 5.91 Å². The van der Waals surface area contributed by atoms with Crippen molar-refractivity contribution in [2.75, 3.05) is 16.8 Å². The van der Waals surface area contributed by atoms with Crippen molar-refractivity contribution < 1.29 is 9.59 Å². The van der Waals surface area contributed by atoms with Crippen molar-refractivity contribution >= 4 is 23.2 Å². The zero-order chi connectivity index (χ0) is 19.1. The molecule has 0 bridgehead atoms. The number of carbonyl (C=O) groups is 2. The van der Waals surface area contributed by atoms with E-state index in [-0.39, 0.29) is 11.8 Å². The molecule has 1 N–H and O–H groups in total. The Kier molecular flexibility index (Phi) is 3.97. The Morgan fingerprint density at radius 2 is 1.75 bits per heavy atom. The first-order chi connectivity index (χ1) is 13.7. The number of nitrogens with zero attached hydrogens (tertiary/aromatic N) is 1. The van der Waals surface area contributed by atoms with Crippen LogP contribution in [0.1, 0.15) is 34.3 Å². The average molecular weight is 368 g/mol. The van der Waals surface area contributed by atoms with Gasteiger partial charge < -0.3 is 10.2 Å². The van der Waals surface area contributed by atoms with Crippen LogP contribution in [0, 0.1) is 0 Å². The molecule has 3 aromatic rings. The highest BCUT2D eigenvalue weighted by Gasteiger charge is 2.22. The Morgan fingerprint density at radius 1 is 0.893 bits per heavy atom. The lowest BCUT2D eigenvalue weighted by Crippen LogP contribution is -2.24.